The fourth-order valence-electron chi connectivity index (χ4n) is 2.17. The summed E-state index contributed by atoms with van der Waals surface area (Å²) in [5.74, 6) is -0.198. The maximum Gasteiger partial charge on any atom is 0.273 e. The first-order chi connectivity index (χ1) is 10.3. The van der Waals surface area contributed by atoms with Crippen molar-refractivity contribution in [3.8, 4) is 5.69 Å². The predicted molar refractivity (Wildman–Crippen MR) is 79.3 cm³/mol. The highest BCUT2D eigenvalue weighted by Gasteiger charge is 2.12. The number of para-hydroxylation sites is 1. The molecule has 6 heteroatoms. The van der Waals surface area contributed by atoms with E-state index in [4.69, 9.17) is 0 Å². The van der Waals surface area contributed by atoms with Crippen LogP contribution in [0, 0.1) is 0 Å². The van der Waals surface area contributed by atoms with Gasteiger partial charge in [-0.05, 0) is 25.1 Å². The van der Waals surface area contributed by atoms with Gasteiger partial charge >= 0.3 is 0 Å². The van der Waals surface area contributed by atoms with Gasteiger partial charge in [0.1, 0.15) is 0 Å². The number of carbonyl (C=O) groups excluding carboxylic acids is 1. The summed E-state index contributed by atoms with van der Waals surface area (Å²) >= 11 is 0. The number of benzene rings is 1. The molecule has 0 saturated heterocycles. The molecule has 0 fully saturated rings. The van der Waals surface area contributed by atoms with Crippen LogP contribution >= 0.6 is 0 Å². The van der Waals surface area contributed by atoms with Crippen molar-refractivity contribution in [1.29, 1.82) is 0 Å². The summed E-state index contributed by atoms with van der Waals surface area (Å²) in [6.07, 6.45) is 4.57. The molecule has 2 N–H and O–H groups in total. The standard InChI is InChI=1S/C15H17N5O/c21-15(17-10-12-6-8-16-9-7-12)14-11-18-20(19-14)13-4-2-1-3-5-13/h1-6,11,16H,7-10H2,(H,17,21). The highest BCUT2D eigenvalue weighted by atomic mass is 16.2. The van der Waals surface area contributed by atoms with E-state index in [2.05, 4.69) is 26.9 Å². The van der Waals surface area contributed by atoms with E-state index in [1.807, 2.05) is 30.3 Å². The summed E-state index contributed by atoms with van der Waals surface area (Å²) in [6, 6.07) is 9.51. The third-order valence-corrected chi connectivity index (χ3v) is 3.35. The minimum Gasteiger partial charge on any atom is -0.347 e. The Labute approximate surface area is 122 Å². The lowest BCUT2D eigenvalue weighted by molar-refractivity contribution is 0.0951. The minimum atomic E-state index is -0.198. The van der Waals surface area contributed by atoms with Crippen LogP contribution in [0.4, 0.5) is 0 Å². The number of nitrogens with one attached hydrogen (secondary N) is 2. The van der Waals surface area contributed by atoms with Gasteiger partial charge in [-0.1, -0.05) is 29.8 Å². The van der Waals surface area contributed by atoms with Crippen molar-refractivity contribution in [3.63, 3.8) is 0 Å². The Morgan fingerprint density at radius 1 is 1.33 bits per heavy atom. The summed E-state index contributed by atoms with van der Waals surface area (Å²) < 4.78 is 0. The average Bonchev–Trinajstić information content (AvgIpc) is 3.04. The van der Waals surface area contributed by atoms with Gasteiger partial charge in [-0.3, -0.25) is 4.79 Å². The average molecular weight is 283 g/mol. The van der Waals surface area contributed by atoms with Gasteiger partial charge in [0.2, 0.25) is 0 Å². The summed E-state index contributed by atoms with van der Waals surface area (Å²) in [4.78, 5) is 13.5. The number of hydrogen-bond acceptors (Lipinski definition) is 4. The zero-order chi connectivity index (χ0) is 14.5. The second kappa shape index (κ2) is 6.32. The molecule has 0 atom stereocenters. The molecular weight excluding hydrogens is 266 g/mol. The number of carbonyl (C=O) groups is 1. The zero-order valence-electron chi connectivity index (χ0n) is 11.6. The molecule has 0 radical (unpaired) electrons. The Bertz CT molecular complexity index is 647. The molecule has 2 aromatic rings. The van der Waals surface area contributed by atoms with Crippen LogP contribution in [0.2, 0.25) is 0 Å². The molecule has 3 rings (SSSR count). The van der Waals surface area contributed by atoms with Gasteiger partial charge in [-0.15, -0.1) is 5.10 Å². The van der Waals surface area contributed by atoms with E-state index in [0.29, 0.717) is 12.2 Å². The molecular formula is C15H17N5O. The van der Waals surface area contributed by atoms with E-state index in [1.54, 1.807) is 0 Å². The first-order valence-electron chi connectivity index (χ1n) is 6.97. The second-order valence-corrected chi connectivity index (χ2v) is 4.85. The molecule has 2 heterocycles. The molecule has 1 aliphatic heterocycles. The Balaban J connectivity index is 1.63. The maximum absolute atomic E-state index is 12.1. The van der Waals surface area contributed by atoms with Gasteiger partial charge in [0.05, 0.1) is 11.9 Å². The molecule has 0 aliphatic carbocycles. The predicted octanol–water partition coefficient (Wildman–Crippen LogP) is 0.917. The number of nitrogens with zero attached hydrogens (tertiary/aromatic N) is 3. The van der Waals surface area contributed by atoms with E-state index in [1.165, 1.54) is 16.6 Å². The quantitative estimate of drug-likeness (QED) is 0.818. The van der Waals surface area contributed by atoms with E-state index < -0.39 is 0 Å². The van der Waals surface area contributed by atoms with Crippen LogP contribution in [0.15, 0.2) is 48.2 Å². The van der Waals surface area contributed by atoms with Gasteiger partial charge in [0.25, 0.3) is 5.91 Å². The van der Waals surface area contributed by atoms with Crippen LogP contribution in [-0.4, -0.2) is 40.5 Å². The van der Waals surface area contributed by atoms with Gasteiger partial charge in [-0.25, -0.2) is 0 Å². The summed E-state index contributed by atoms with van der Waals surface area (Å²) in [5.41, 5.74) is 2.41. The van der Waals surface area contributed by atoms with Gasteiger partial charge in [-0.2, -0.15) is 9.90 Å². The first-order valence-corrected chi connectivity index (χ1v) is 6.97. The fraction of sp³-hybridized carbons (Fsp3) is 0.267. The van der Waals surface area contributed by atoms with Gasteiger partial charge in [0.15, 0.2) is 5.69 Å². The van der Waals surface area contributed by atoms with Crippen molar-refractivity contribution < 1.29 is 4.79 Å². The van der Waals surface area contributed by atoms with Gasteiger partial charge in [0, 0.05) is 13.1 Å². The second-order valence-electron chi connectivity index (χ2n) is 4.85. The molecule has 1 aliphatic rings. The fourth-order valence-corrected chi connectivity index (χ4v) is 2.17. The molecule has 0 spiro atoms. The maximum atomic E-state index is 12.1. The lowest BCUT2D eigenvalue weighted by atomic mass is 10.1. The SMILES string of the molecule is O=C(NCC1=CCNCC1)c1cnn(-c2ccccc2)n1. The molecule has 21 heavy (non-hydrogen) atoms. The van der Waals surface area contributed by atoms with Crippen LogP contribution in [0.5, 0.6) is 0 Å². The third-order valence-electron chi connectivity index (χ3n) is 3.35. The summed E-state index contributed by atoms with van der Waals surface area (Å²) in [5, 5.41) is 14.5. The minimum absolute atomic E-state index is 0.198. The number of aromatic nitrogens is 3. The number of hydrogen-bond donors (Lipinski definition) is 2. The topological polar surface area (TPSA) is 71.8 Å². The van der Waals surface area contributed by atoms with E-state index >= 15 is 0 Å². The van der Waals surface area contributed by atoms with Gasteiger partial charge < -0.3 is 10.6 Å². The first kappa shape index (κ1) is 13.5. The molecule has 1 aromatic carbocycles. The molecule has 0 saturated carbocycles. The van der Waals surface area contributed by atoms with Crippen LogP contribution in [-0.2, 0) is 0 Å². The molecule has 6 nitrogen and oxygen atoms in total. The van der Waals surface area contributed by atoms with Crippen LogP contribution < -0.4 is 10.6 Å². The Morgan fingerprint density at radius 2 is 2.19 bits per heavy atom. The van der Waals surface area contributed by atoms with Crippen molar-refractivity contribution >= 4 is 5.91 Å². The Morgan fingerprint density at radius 3 is 2.95 bits per heavy atom. The van der Waals surface area contributed by atoms with Crippen LogP contribution in [0.25, 0.3) is 5.69 Å². The zero-order valence-corrected chi connectivity index (χ0v) is 11.6. The smallest absolute Gasteiger partial charge is 0.273 e. The summed E-state index contributed by atoms with van der Waals surface area (Å²) in [6.45, 7) is 2.40. The van der Waals surface area contributed by atoms with Crippen molar-refractivity contribution in [3.05, 3.63) is 53.9 Å². The lowest BCUT2D eigenvalue weighted by Crippen LogP contribution is -2.29. The van der Waals surface area contributed by atoms with E-state index in [0.717, 1.165) is 25.2 Å². The summed E-state index contributed by atoms with van der Waals surface area (Å²) in [7, 11) is 0. The van der Waals surface area contributed by atoms with Crippen molar-refractivity contribution in [2.24, 2.45) is 0 Å². The Kier molecular flexibility index (Phi) is 4.07. The molecule has 1 aromatic heterocycles. The third kappa shape index (κ3) is 3.35. The number of rotatable bonds is 4. The van der Waals surface area contributed by atoms with Crippen molar-refractivity contribution in [2.45, 2.75) is 6.42 Å². The number of amides is 1. The van der Waals surface area contributed by atoms with Crippen molar-refractivity contribution in [2.75, 3.05) is 19.6 Å². The lowest BCUT2D eigenvalue weighted by Gasteiger charge is -2.13. The van der Waals surface area contributed by atoms with E-state index in [-0.39, 0.29) is 5.91 Å². The Hall–Kier alpha value is -2.47. The highest BCUT2D eigenvalue weighted by molar-refractivity contribution is 5.92. The molecule has 0 unspecified atom stereocenters. The highest BCUT2D eigenvalue weighted by Crippen LogP contribution is 2.05. The van der Waals surface area contributed by atoms with E-state index in [9.17, 15) is 4.79 Å². The van der Waals surface area contributed by atoms with Crippen molar-refractivity contribution in [1.82, 2.24) is 25.6 Å². The monoisotopic (exact) mass is 283 g/mol. The van der Waals surface area contributed by atoms with Crippen LogP contribution in [0.3, 0.4) is 0 Å². The molecule has 108 valence electrons. The molecule has 1 amide bonds. The largest absolute Gasteiger partial charge is 0.347 e. The van der Waals surface area contributed by atoms with Crippen LogP contribution in [0.1, 0.15) is 16.9 Å². The molecule has 0 bridgehead atoms. The normalized spacial score (nSPS) is 14.6.